The zero-order valence-electron chi connectivity index (χ0n) is 8.25. The minimum atomic E-state index is -0.342. The highest BCUT2D eigenvalue weighted by atomic mass is 15.0. The number of hydrogen-bond acceptors (Lipinski definition) is 2. The molecular weight excluding hydrogens is 162 g/mol. The average Bonchev–Trinajstić information content (AvgIpc) is 2.04. The van der Waals surface area contributed by atoms with E-state index >= 15 is 0 Å². The Labute approximate surface area is 79.7 Å². The first kappa shape index (κ1) is 11.6. The summed E-state index contributed by atoms with van der Waals surface area (Å²) in [6.45, 7) is 11.2. The molecule has 0 aromatic carbocycles. The second-order valence-corrected chi connectivity index (χ2v) is 2.74. The second kappa shape index (κ2) is 6.20. The van der Waals surface area contributed by atoms with Crippen LogP contribution in [0, 0.1) is 0 Å². The molecule has 0 aliphatic heterocycles. The van der Waals surface area contributed by atoms with Gasteiger partial charge in [-0.15, -0.1) is 0 Å². The van der Waals surface area contributed by atoms with E-state index in [1.54, 1.807) is 0 Å². The molecule has 72 valence electrons. The molecule has 0 aromatic heterocycles. The Bertz CT molecular complexity index is 239. The maximum Gasteiger partial charge on any atom is 0.120 e. The first-order chi connectivity index (χ1) is 6.07. The number of nitrogens with zero attached hydrogens (tertiary/aromatic N) is 1. The van der Waals surface area contributed by atoms with Crippen molar-refractivity contribution in [2.24, 2.45) is 10.7 Å². The molecule has 0 fully saturated rings. The Morgan fingerprint density at radius 1 is 1.54 bits per heavy atom. The summed E-state index contributed by atoms with van der Waals surface area (Å²) in [6.07, 6.45) is 4.92. The molecule has 3 N–H and O–H groups in total. The van der Waals surface area contributed by atoms with E-state index in [2.05, 4.69) is 23.5 Å². The van der Waals surface area contributed by atoms with Gasteiger partial charge in [0.15, 0.2) is 0 Å². The lowest BCUT2D eigenvalue weighted by molar-refractivity contribution is 0.822. The maximum atomic E-state index is 5.59. The van der Waals surface area contributed by atoms with Crippen LogP contribution in [0.1, 0.15) is 13.8 Å². The van der Waals surface area contributed by atoms with Gasteiger partial charge in [-0.1, -0.05) is 19.2 Å². The van der Waals surface area contributed by atoms with Crippen LogP contribution in [0.15, 0.2) is 41.6 Å². The smallest absolute Gasteiger partial charge is 0.120 e. The third-order valence-electron chi connectivity index (χ3n) is 1.36. The Kier molecular flexibility index (Phi) is 5.55. The van der Waals surface area contributed by atoms with Crippen LogP contribution in [-0.2, 0) is 0 Å². The first-order valence-corrected chi connectivity index (χ1v) is 4.08. The van der Waals surface area contributed by atoms with Crippen molar-refractivity contribution in [3.8, 4) is 0 Å². The van der Waals surface area contributed by atoms with Crippen molar-refractivity contribution in [1.82, 2.24) is 5.32 Å². The summed E-state index contributed by atoms with van der Waals surface area (Å²) in [5.74, 6) is 0. The molecule has 0 rings (SSSR count). The van der Waals surface area contributed by atoms with Gasteiger partial charge >= 0.3 is 0 Å². The van der Waals surface area contributed by atoms with E-state index in [1.165, 1.54) is 6.34 Å². The molecule has 0 aliphatic carbocycles. The van der Waals surface area contributed by atoms with Crippen LogP contribution < -0.4 is 11.1 Å². The van der Waals surface area contributed by atoms with Crippen LogP contribution in [0.25, 0.3) is 0 Å². The minimum Gasteiger partial charge on any atom is -0.347 e. The molecule has 0 aromatic rings. The zero-order chi connectivity index (χ0) is 10.3. The molecule has 0 spiro atoms. The normalized spacial score (nSPS) is 13.5. The van der Waals surface area contributed by atoms with Gasteiger partial charge in [0, 0.05) is 5.70 Å². The van der Waals surface area contributed by atoms with Crippen LogP contribution in [0.3, 0.4) is 0 Å². The number of aliphatic imine (C=N–C) groups is 1. The van der Waals surface area contributed by atoms with Crippen molar-refractivity contribution in [2.75, 3.05) is 0 Å². The molecule has 0 saturated heterocycles. The van der Waals surface area contributed by atoms with E-state index in [4.69, 9.17) is 5.73 Å². The predicted molar refractivity (Wildman–Crippen MR) is 58.4 cm³/mol. The fraction of sp³-hybridized carbons (Fsp3) is 0.300. The molecule has 13 heavy (non-hydrogen) atoms. The van der Waals surface area contributed by atoms with Crippen molar-refractivity contribution in [3.63, 3.8) is 0 Å². The van der Waals surface area contributed by atoms with Crippen molar-refractivity contribution < 1.29 is 0 Å². The van der Waals surface area contributed by atoms with Gasteiger partial charge in [0.2, 0.25) is 0 Å². The monoisotopic (exact) mass is 179 g/mol. The van der Waals surface area contributed by atoms with Crippen molar-refractivity contribution in [1.29, 1.82) is 0 Å². The summed E-state index contributed by atoms with van der Waals surface area (Å²) in [4.78, 5) is 3.99. The summed E-state index contributed by atoms with van der Waals surface area (Å²) >= 11 is 0. The van der Waals surface area contributed by atoms with Gasteiger partial charge in [0.25, 0.3) is 0 Å². The number of hydrogen-bond donors (Lipinski definition) is 2. The highest BCUT2D eigenvalue weighted by Crippen LogP contribution is 1.93. The van der Waals surface area contributed by atoms with Gasteiger partial charge in [-0.2, -0.15) is 0 Å². The molecule has 1 unspecified atom stereocenters. The summed E-state index contributed by atoms with van der Waals surface area (Å²) in [6, 6.07) is 0. The third kappa shape index (κ3) is 5.87. The number of nitrogens with two attached hydrogens (primary N) is 1. The lowest BCUT2D eigenvalue weighted by Gasteiger charge is -2.04. The third-order valence-corrected chi connectivity index (χ3v) is 1.36. The number of rotatable bonds is 5. The van der Waals surface area contributed by atoms with Gasteiger partial charge in [-0.3, -0.25) is 4.99 Å². The molecule has 0 bridgehead atoms. The van der Waals surface area contributed by atoms with Gasteiger partial charge in [-0.05, 0) is 25.5 Å². The molecule has 1 atom stereocenters. The molecular formula is C10H17N3. The molecule has 0 amide bonds. The van der Waals surface area contributed by atoms with Gasteiger partial charge in [-0.25, -0.2) is 0 Å². The van der Waals surface area contributed by atoms with E-state index in [1.807, 2.05) is 26.0 Å². The molecule has 3 nitrogen and oxygen atoms in total. The van der Waals surface area contributed by atoms with Crippen molar-refractivity contribution in [2.45, 2.75) is 20.0 Å². The Balaban J connectivity index is 3.88. The van der Waals surface area contributed by atoms with Gasteiger partial charge in [0.05, 0.1) is 6.34 Å². The van der Waals surface area contributed by atoms with Crippen LogP contribution >= 0.6 is 0 Å². The summed E-state index contributed by atoms with van der Waals surface area (Å²) in [5, 5.41) is 2.88. The fourth-order valence-electron chi connectivity index (χ4n) is 0.577. The average molecular weight is 179 g/mol. The number of nitrogens with one attached hydrogen (secondary N) is 1. The SMILES string of the molecule is C=C(/C=C\C)NC=NC(N)C(=C)C. The lowest BCUT2D eigenvalue weighted by atomic mass is 10.3. The largest absolute Gasteiger partial charge is 0.347 e. The van der Waals surface area contributed by atoms with Crippen LogP contribution in [-0.4, -0.2) is 12.5 Å². The van der Waals surface area contributed by atoms with Crippen LogP contribution in [0.4, 0.5) is 0 Å². The van der Waals surface area contributed by atoms with Crippen LogP contribution in [0.2, 0.25) is 0 Å². The van der Waals surface area contributed by atoms with Gasteiger partial charge < -0.3 is 11.1 Å². The fourth-order valence-corrected chi connectivity index (χ4v) is 0.577. The zero-order valence-corrected chi connectivity index (χ0v) is 8.25. The Morgan fingerprint density at radius 3 is 2.62 bits per heavy atom. The molecule has 0 heterocycles. The molecule has 0 radical (unpaired) electrons. The standard InChI is InChI=1S/C10H17N3/c1-5-6-9(4)12-7-13-10(11)8(2)3/h5-7,10H,2,4,11H2,1,3H3,(H,12,13)/b6-5-. The van der Waals surface area contributed by atoms with Crippen molar-refractivity contribution in [3.05, 3.63) is 36.6 Å². The van der Waals surface area contributed by atoms with Crippen LogP contribution in [0.5, 0.6) is 0 Å². The topological polar surface area (TPSA) is 50.4 Å². The molecule has 3 heteroatoms. The highest BCUT2D eigenvalue weighted by Gasteiger charge is 1.95. The molecule has 0 saturated carbocycles. The first-order valence-electron chi connectivity index (χ1n) is 4.08. The van der Waals surface area contributed by atoms with Crippen molar-refractivity contribution >= 4 is 6.34 Å². The van der Waals surface area contributed by atoms with E-state index in [-0.39, 0.29) is 6.17 Å². The van der Waals surface area contributed by atoms with E-state index in [0.717, 1.165) is 11.3 Å². The Morgan fingerprint density at radius 2 is 2.15 bits per heavy atom. The number of allylic oxidation sites excluding steroid dienone is 2. The highest BCUT2D eigenvalue weighted by molar-refractivity contribution is 5.58. The molecule has 0 aliphatic rings. The van der Waals surface area contributed by atoms with E-state index < -0.39 is 0 Å². The summed E-state index contributed by atoms with van der Waals surface area (Å²) in [7, 11) is 0. The second-order valence-electron chi connectivity index (χ2n) is 2.74. The summed E-state index contributed by atoms with van der Waals surface area (Å²) < 4.78 is 0. The predicted octanol–water partition coefficient (Wildman–Crippen LogP) is 1.55. The Hall–Kier alpha value is -1.35. The maximum absolute atomic E-state index is 5.59. The summed E-state index contributed by atoms with van der Waals surface area (Å²) in [5.41, 5.74) is 7.20. The quantitative estimate of drug-likeness (QED) is 0.291. The minimum absolute atomic E-state index is 0.342. The van der Waals surface area contributed by atoms with E-state index in [0.29, 0.717) is 0 Å². The lowest BCUT2D eigenvalue weighted by Crippen LogP contribution is -2.20. The van der Waals surface area contributed by atoms with E-state index in [9.17, 15) is 0 Å². The van der Waals surface area contributed by atoms with Gasteiger partial charge in [0.1, 0.15) is 6.17 Å².